The van der Waals surface area contributed by atoms with E-state index in [-0.39, 0.29) is 17.1 Å². The third-order valence-electron chi connectivity index (χ3n) is 7.15. The average Bonchev–Trinajstić information content (AvgIpc) is 3.13. The van der Waals surface area contributed by atoms with Gasteiger partial charge in [-0.1, -0.05) is 35.9 Å². The monoisotopic (exact) mass is 444 g/mol. The lowest BCUT2D eigenvalue weighted by Crippen LogP contribution is -2.45. The van der Waals surface area contributed by atoms with Crippen molar-refractivity contribution < 1.29 is 13.9 Å². The first kappa shape index (κ1) is 21.7. The highest BCUT2D eigenvalue weighted by molar-refractivity contribution is 6.07. The number of halogens is 1. The molecule has 1 spiro atoms. The molecule has 5 rings (SSSR count). The van der Waals surface area contributed by atoms with Gasteiger partial charge in [-0.05, 0) is 80.4 Å². The maximum Gasteiger partial charge on any atom is 0.258 e. The SMILES string of the molecule is COc1cccc(CN2CCC3(CC2)CN(C(=O)c2cccc(F)c2)c2ccc(C)cc23)c1. The number of fused-ring (bicyclic) bond motifs is 2. The summed E-state index contributed by atoms with van der Waals surface area (Å²) in [5.74, 6) is 0.368. The topological polar surface area (TPSA) is 32.8 Å². The summed E-state index contributed by atoms with van der Waals surface area (Å²) in [4.78, 5) is 17.7. The van der Waals surface area contributed by atoms with E-state index in [2.05, 4.69) is 42.2 Å². The van der Waals surface area contributed by atoms with E-state index in [1.165, 1.54) is 28.8 Å². The quantitative estimate of drug-likeness (QED) is 0.545. The van der Waals surface area contributed by atoms with Gasteiger partial charge in [-0.2, -0.15) is 0 Å². The van der Waals surface area contributed by atoms with Crippen molar-refractivity contribution in [3.63, 3.8) is 0 Å². The van der Waals surface area contributed by atoms with Crippen LogP contribution in [0, 0.1) is 12.7 Å². The summed E-state index contributed by atoms with van der Waals surface area (Å²) in [6.45, 7) is 5.57. The molecule has 2 heterocycles. The minimum Gasteiger partial charge on any atom is -0.497 e. The minimum absolute atomic E-state index is 0.0603. The van der Waals surface area contributed by atoms with Gasteiger partial charge in [0.15, 0.2) is 0 Å². The molecule has 1 fully saturated rings. The van der Waals surface area contributed by atoms with Gasteiger partial charge in [0.1, 0.15) is 11.6 Å². The highest BCUT2D eigenvalue weighted by atomic mass is 19.1. The van der Waals surface area contributed by atoms with Crippen molar-refractivity contribution in [1.29, 1.82) is 0 Å². The molecule has 4 nitrogen and oxygen atoms in total. The molecule has 5 heteroatoms. The Bertz CT molecular complexity index is 1180. The second-order valence-corrected chi connectivity index (χ2v) is 9.33. The molecule has 0 unspecified atom stereocenters. The zero-order valence-electron chi connectivity index (χ0n) is 19.2. The summed E-state index contributed by atoms with van der Waals surface area (Å²) in [6.07, 6.45) is 1.97. The van der Waals surface area contributed by atoms with Crippen molar-refractivity contribution in [2.45, 2.75) is 31.7 Å². The number of rotatable bonds is 4. The van der Waals surface area contributed by atoms with E-state index < -0.39 is 0 Å². The van der Waals surface area contributed by atoms with E-state index >= 15 is 0 Å². The lowest BCUT2D eigenvalue weighted by Gasteiger charge is -2.40. The highest BCUT2D eigenvalue weighted by Gasteiger charge is 2.46. The van der Waals surface area contributed by atoms with Gasteiger partial charge in [0, 0.05) is 29.8 Å². The maximum absolute atomic E-state index is 13.8. The van der Waals surface area contributed by atoms with E-state index in [4.69, 9.17) is 4.74 Å². The number of hydrogen-bond donors (Lipinski definition) is 0. The number of piperidine rings is 1. The first-order chi connectivity index (χ1) is 16.0. The molecule has 1 saturated heterocycles. The van der Waals surface area contributed by atoms with Crippen LogP contribution in [0.25, 0.3) is 0 Å². The Labute approximate surface area is 194 Å². The number of likely N-dealkylation sites (tertiary alicyclic amines) is 1. The average molecular weight is 445 g/mol. The molecule has 0 N–H and O–H groups in total. The Morgan fingerprint density at radius 3 is 2.58 bits per heavy atom. The lowest BCUT2D eigenvalue weighted by molar-refractivity contribution is 0.0975. The van der Waals surface area contributed by atoms with Crippen molar-refractivity contribution in [1.82, 2.24) is 4.90 Å². The van der Waals surface area contributed by atoms with Crippen LogP contribution in [0.15, 0.2) is 66.7 Å². The smallest absolute Gasteiger partial charge is 0.258 e. The summed E-state index contributed by atoms with van der Waals surface area (Å²) in [7, 11) is 1.69. The number of hydrogen-bond acceptors (Lipinski definition) is 3. The molecule has 0 bridgehead atoms. The van der Waals surface area contributed by atoms with Gasteiger partial charge in [0.25, 0.3) is 5.91 Å². The van der Waals surface area contributed by atoms with Gasteiger partial charge in [0.2, 0.25) is 0 Å². The lowest BCUT2D eigenvalue weighted by atomic mass is 9.74. The van der Waals surface area contributed by atoms with Crippen LogP contribution >= 0.6 is 0 Å². The van der Waals surface area contributed by atoms with Gasteiger partial charge in [-0.25, -0.2) is 4.39 Å². The Hall–Kier alpha value is -3.18. The van der Waals surface area contributed by atoms with Gasteiger partial charge in [-0.15, -0.1) is 0 Å². The largest absolute Gasteiger partial charge is 0.497 e. The van der Waals surface area contributed by atoms with Crippen molar-refractivity contribution in [2.75, 3.05) is 31.6 Å². The number of methoxy groups -OCH3 is 1. The number of carbonyl (C=O) groups is 1. The predicted octanol–water partition coefficient (Wildman–Crippen LogP) is 5.34. The van der Waals surface area contributed by atoms with E-state index in [9.17, 15) is 9.18 Å². The van der Waals surface area contributed by atoms with Gasteiger partial charge in [-0.3, -0.25) is 9.69 Å². The molecule has 0 radical (unpaired) electrons. The molecule has 170 valence electrons. The Kier molecular flexibility index (Phi) is 5.67. The molecule has 0 aliphatic carbocycles. The van der Waals surface area contributed by atoms with Gasteiger partial charge >= 0.3 is 0 Å². The van der Waals surface area contributed by atoms with Crippen molar-refractivity contribution in [3.05, 3.63) is 94.8 Å². The van der Waals surface area contributed by atoms with Crippen molar-refractivity contribution in [2.24, 2.45) is 0 Å². The number of benzene rings is 3. The van der Waals surface area contributed by atoms with E-state index in [0.717, 1.165) is 43.9 Å². The summed E-state index contributed by atoms with van der Waals surface area (Å²) in [5.41, 5.74) is 5.01. The van der Waals surface area contributed by atoms with Crippen LogP contribution in [-0.4, -0.2) is 37.6 Å². The Morgan fingerprint density at radius 1 is 1.03 bits per heavy atom. The van der Waals surface area contributed by atoms with Crippen LogP contribution < -0.4 is 9.64 Å². The van der Waals surface area contributed by atoms with E-state index in [1.54, 1.807) is 19.2 Å². The fraction of sp³-hybridized carbons (Fsp3) is 0.321. The number of ether oxygens (including phenoxy) is 1. The normalized spacial score (nSPS) is 17.2. The molecular weight excluding hydrogens is 415 g/mol. The summed E-state index contributed by atoms with van der Waals surface area (Å²) in [5, 5.41) is 0. The number of anilines is 1. The standard InChI is InChI=1S/C28H29FN2O2/c1-20-9-10-26-25(15-20)28(19-31(26)27(32)22-6-4-7-23(29)17-22)11-13-30(14-12-28)18-21-5-3-8-24(16-21)33-2/h3-10,15-17H,11-14,18-19H2,1-2H3. The molecule has 0 atom stereocenters. The second-order valence-electron chi connectivity index (χ2n) is 9.33. The summed E-state index contributed by atoms with van der Waals surface area (Å²) >= 11 is 0. The zero-order chi connectivity index (χ0) is 23.0. The van der Waals surface area contributed by atoms with Crippen LogP contribution in [0.3, 0.4) is 0 Å². The molecule has 0 saturated carbocycles. The van der Waals surface area contributed by atoms with Crippen LogP contribution in [0.4, 0.5) is 10.1 Å². The molecular formula is C28H29FN2O2. The molecule has 0 aromatic heterocycles. The Balaban J connectivity index is 1.37. The molecule has 33 heavy (non-hydrogen) atoms. The third-order valence-corrected chi connectivity index (χ3v) is 7.15. The highest BCUT2D eigenvalue weighted by Crippen LogP contribution is 2.48. The van der Waals surface area contributed by atoms with Crippen molar-refractivity contribution >= 4 is 11.6 Å². The summed E-state index contributed by atoms with van der Waals surface area (Å²) in [6, 6.07) is 20.6. The van der Waals surface area contributed by atoms with Crippen LogP contribution in [0.2, 0.25) is 0 Å². The van der Waals surface area contributed by atoms with Gasteiger partial charge < -0.3 is 9.64 Å². The molecule has 3 aromatic carbocycles. The number of nitrogens with zero attached hydrogens (tertiary/aromatic N) is 2. The zero-order valence-corrected chi connectivity index (χ0v) is 19.2. The molecule has 3 aromatic rings. The van der Waals surface area contributed by atoms with Gasteiger partial charge in [0.05, 0.1) is 7.11 Å². The summed E-state index contributed by atoms with van der Waals surface area (Å²) < 4.78 is 19.2. The van der Waals surface area contributed by atoms with Crippen molar-refractivity contribution in [3.8, 4) is 5.75 Å². The second kappa shape index (κ2) is 8.64. The first-order valence-corrected chi connectivity index (χ1v) is 11.5. The van der Waals surface area contributed by atoms with E-state index in [1.807, 2.05) is 17.0 Å². The minimum atomic E-state index is -0.384. The Morgan fingerprint density at radius 2 is 1.82 bits per heavy atom. The third kappa shape index (κ3) is 4.13. The molecule has 2 aliphatic heterocycles. The predicted molar refractivity (Wildman–Crippen MR) is 128 cm³/mol. The first-order valence-electron chi connectivity index (χ1n) is 11.5. The van der Waals surface area contributed by atoms with Crippen LogP contribution in [0.5, 0.6) is 5.75 Å². The molecule has 1 amide bonds. The fourth-order valence-corrected chi connectivity index (χ4v) is 5.34. The van der Waals surface area contributed by atoms with Crippen LogP contribution in [0.1, 0.15) is 39.9 Å². The fourth-order valence-electron chi connectivity index (χ4n) is 5.34. The number of carbonyl (C=O) groups excluding carboxylic acids is 1. The van der Waals surface area contributed by atoms with E-state index in [0.29, 0.717) is 12.1 Å². The number of aryl methyl sites for hydroxylation is 1. The molecule has 2 aliphatic rings. The van der Waals surface area contributed by atoms with Crippen LogP contribution in [-0.2, 0) is 12.0 Å². The number of amides is 1. The maximum atomic E-state index is 13.8.